The van der Waals surface area contributed by atoms with Crippen molar-refractivity contribution in [3.63, 3.8) is 0 Å². The lowest BCUT2D eigenvalue weighted by atomic mass is 10.1. The zero-order valence-corrected chi connectivity index (χ0v) is 9.91. The topological polar surface area (TPSA) is 49.6 Å². The molecule has 0 radical (unpaired) electrons. The highest BCUT2D eigenvalue weighted by atomic mass is 16.2. The lowest BCUT2D eigenvalue weighted by molar-refractivity contribution is 0.157. The molecule has 15 heavy (non-hydrogen) atoms. The Labute approximate surface area is 92.4 Å². The molecule has 4 nitrogen and oxygen atoms in total. The van der Waals surface area contributed by atoms with Crippen molar-refractivity contribution in [2.45, 2.75) is 38.6 Å². The second-order valence-corrected chi connectivity index (χ2v) is 4.22. The number of hydrogen-bond acceptors (Lipinski definition) is 2. The second kappa shape index (κ2) is 5.95. The van der Waals surface area contributed by atoms with Crippen LogP contribution in [0.25, 0.3) is 0 Å². The normalized spacial score (nSPS) is 20.7. The van der Waals surface area contributed by atoms with Crippen molar-refractivity contribution in [3.8, 4) is 0 Å². The molecular weight excluding hydrogens is 190 g/mol. The molecular formula is C11H23N3O. The second-order valence-electron chi connectivity index (χ2n) is 4.22. The highest BCUT2D eigenvalue weighted by Crippen LogP contribution is 2.22. The Morgan fingerprint density at radius 3 is 2.93 bits per heavy atom. The van der Waals surface area contributed by atoms with E-state index in [9.17, 15) is 4.79 Å². The maximum atomic E-state index is 12.0. The monoisotopic (exact) mass is 213 g/mol. The first kappa shape index (κ1) is 12.3. The van der Waals surface area contributed by atoms with E-state index in [0.29, 0.717) is 6.04 Å². The molecule has 1 saturated heterocycles. The van der Waals surface area contributed by atoms with Crippen molar-refractivity contribution >= 4 is 6.03 Å². The van der Waals surface area contributed by atoms with Crippen LogP contribution in [0.1, 0.15) is 32.6 Å². The third-order valence-electron chi connectivity index (χ3n) is 3.17. The third-order valence-corrected chi connectivity index (χ3v) is 3.17. The van der Waals surface area contributed by atoms with E-state index >= 15 is 0 Å². The first-order valence-electron chi connectivity index (χ1n) is 5.92. The van der Waals surface area contributed by atoms with Gasteiger partial charge in [0.15, 0.2) is 0 Å². The Kier molecular flexibility index (Phi) is 4.88. The van der Waals surface area contributed by atoms with Crippen molar-refractivity contribution in [2.75, 3.05) is 26.7 Å². The molecule has 88 valence electrons. The molecule has 0 bridgehead atoms. The van der Waals surface area contributed by atoms with E-state index in [1.54, 1.807) is 4.90 Å². The van der Waals surface area contributed by atoms with Crippen molar-refractivity contribution in [3.05, 3.63) is 0 Å². The number of carbonyl (C=O) groups excluding carboxylic acids is 1. The standard InChI is InChI=1S/C11H23N3O/c1-3-13(2)11(15)14-9-5-7-10(14)6-4-8-12/h10H,3-9,12H2,1-2H3. The molecule has 1 atom stereocenters. The molecule has 0 aromatic rings. The van der Waals surface area contributed by atoms with Gasteiger partial charge in [0.2, 0.25) is 0 Å². The third kappa shape index (κ3) is 3.09. The number of nitrogens with two attached hydrogens (primary N) is 1. The van der Waals surface area contributed by atoms with Crippen LogP contribution in [0.2, 0.25) is 0 Å². The number of hydrogen-bond donors (Lipinski definition) is 1. The van der Waals surface area contributed by atoms with Gasteiger partial charge in [-0.05, 0) is 39.2 Å². The summed E-state index contributed by atoms with van der Waals surface area (Å²) in [5, 5.41) is 0. The lowest BCUT2D eigenvalue weighted by Crippen LogP contribution is -2.43. The lowest BCUT2D eigenvalue weighted by Gasteiger charge is -2.29. The van der Waals surface area contributed by atoms with Gasteiger partial charge in [0.1, 0.15) is 0 Å². The number of nitrogens with zero attached hydrogens (tertiary/aromatic N) is 2. The summed E-state index contributed by atoms with van der Waals surface area (Å²) in [6.07, 6.45) is 4.35. The molecule has 2 amide bonds. The Morgan fingerprint density at radius 2 is 2.33 bits per heavy atom. The van der Waals surface area contributed by atoms with Gasteiger partial charge >= 0.3 is 6.03 Å². The average molecular weight is 213 g/mol. The van der Waals surface area contributed by atoms with E-state index < -0.39 is 0 Å². The van der Waals surface area contributed by atoms with E-state index in [1.165, 1.54) is 0 Å². The Balaban J connectivity index is 2.48. The highest BCUT2D eigenvalue weighted by molar-refractivity contribution is 5.74. The quantitative estimate of drug-likeness (QED) is 0.764. The molecule has 4 heteroatoms. The summed E-state index contributed by atoms with van der Waals surface area (Å²) >= 11 is 0. The predicted molar refractivity (Wildman–Crippen MR) is 61.7 cm³/mol. The minimum atomic E-state index is 0.178. The van der Waals surface area contributed by atoms with E-state index in [-0.39, 0.29) is 6.03 Å². The molecule has 1 rings (SSSR count). The zero-order chi connectivity index (χ0) is 11.3. The van der Waals surface area contributed by atoms with Gasteiger partial charge in [-0.15, -0.1) is 0 Å². The van der Waals surface area contributed by atoms with Gasteiger partial charge in [-0.3, -0.25) is 0 Å². The Hall–Kier alpha value is -0.770. The summed E-state index contributed by atoms with van der Waals surface area (Å²) in [5.74, 6) is 0. The Bertz CT molecular complexity index is 208. The average Bonchev–Trinajstić information content (AvgIpc) is 2.72. The van der Waals surface area contributed by atoms with Crippen LogP contribution in [0.5, 0.6) is 0 Å². The van der Waals surface area contributed by atoms with Crippen molar-refractivity contribution in [1.82, 2.24) is 9.80 Å². The van der Waals surface area contributed by atoms with Crippen LogP contribution in [-0.2, 0) is 0 Å². The van der Waals surface area contributed by atoms with Gasteiger partial charge in [0.25, 0.3) is 0 Å². The van der Waals surface area contributed by atoms with Crippen LogP contribution in [0, 0.1) is 0 Å². The summed E-state index contributed by atoms with van der Waals surface area (Å²) in [4.78, 5) is 15.8. The first-order chi connectivity index (χ1) is 7.20. The summed E-state index contributed by atoms with van der Waals surface area (Å²) in [7, 11) is 1.86. The largest absolute Gasteiger partial charge is 0.330 e. The number of carbonyl (C=O) groups is 1. The molecule has 1 heterocycles. The van der Waals surface area contributed by atoms with Gasteiger partial charge in [0.05, 0.1) is 0 Å². The van der Waals surface area contributed by atoms with Crippen molar-refractivity contribution in [2.24, 2.45) is 5.73 Å². The summed E-state index contributed by atoms with van der Waals surface area (Å²) in [5.41, 5.74) is 5.50. The fourth-order valence-electron chi connectivity index (χ4n) is 2.10. The molecule has 1 fully saturated rings. The number of rotatable bonds is 4. The van der Waals surface area contributed by atoms with Gasteiger partial charge in [-0.1, -0.05) is 0 Å². The number of likely N-dealkylation sites (tertiary alicyclic amines) is 1. The molecule has 1 unspecified atom stereocenters. The van der Waals surface area contributed by atoms with Crippen molar-refractivity contribution < 1.29 is 4.79 Å². The SMILES string of the molecule is CCN(C)C(=O)N1CCCC1CCCN. The number of amides is 2. The van der Waals surface area contributed by atoms with Crippen LogP contribution in [0.15, 0.2) is 0 Å². The van der Waals surface area contributed by atoms with Crippen LogP contribution in [0.3, 0.4) is 0 Å². The molecule has 1 aliphatic rings. The van der Waals surface area contributed by atoms with Crippen LogP contribution in [0.4, 0.5) is 4.79 Å². The molecule has 0 spiro atoms. The van der Waals surface area contributed by atoms with Crippen molar-refractivity contribution in [1.29, 1.82) is 0 Å². The zero-order valence-electron chi connectivity index (χ0n) is 9.91. The molecule has 0 saturated carbocycles. The fraction of sp³-hybridized carbons (Fsp3) is 0.909. The van der Waals surface area contributed by atoms with E-state index in [2.05, 4.69) is 0 Å². The molecule has 0 aliphatic carbocycles. The molecule has 2 N–H and O–H groups in total. The van der Waals surface area contributed by atoms with Crippen LogP contribution >= 0.6 is 0 Å². The molecule has 0 aromatic carbocycles. The summed E-state index contributed by atoms with van der Waals surface area (Å²) < 4.78 is 0. The van der Waals surface area contributed by atoms with Gasteiger partial charge in [-0.25, -0.2) is 4.79 Å². The molecule has 0 aromatic heterocycles. The van der Waals surface area contributed by atoms with E-state index in [4.69, 9.17) is 5.73 Å². The van der Waals surface area contributed by atoms with Gasteiger partial charge < -0.3 is 15.5 Å². The van der Waals surface area contributed by atoms with E-state index in [1.807, 2.05) is 18.9 Å². The maximum absolute atomic E-state index is 12.0. The van der Waals surface area contributed by atoms with Gasteiger partial charge in [-0.2, -0.15) is 0 Å². The fourth-order valence-corrected chi connectivity index (χ4v) is 2.10. The molecule has 1 aliphatic heterocycles. The smallest absolute Gasteiger partial charge is 0.319 e. The minimum Gasteiger partial charge on any atom is -0.330 e. The maximum Gasteiger partial charge on any atom is 0.319 e. The minimum absolute atomic E-state index is 0.178. The van der Waals surface area contributed by atoms with E-state index in [0.717, 1.165) is 45.3 Å². The van der Waals surface area contributed by atoms with Gasteiger partial charge in [0, 0.05) is 26.2 Å². The summed E-state index contributed by atoms with van der Waals surface area (Å²) in [6, 6.07) is 0.604. The van der Waals surface area contributed by atoms with Crippen LogP contribution in [-0.4, -0.2) is 48.6 Å². The Morgan fingerprint density at radius 1 is 1.60 bits per heavy atom. The predicted octanol–water partition coefficient (Wildman–Crippen LogP) is 1.26. The number of urea groups is 1. The van der Waals surface area contributed by atoms with Crippen LogP contribution < -0.4 is 5.73 Å². The summed E-state index contributed by atoms with van der Waals surface area (Å²) in [6.45, 7) is 4.42. The highest BCUT2D eigenvalue weighted by Gasteiger charge is 2.29. The first-order valence-corrected chi connectivity index (χ1v) is 5.92.